The third kappa shape index (κ3) is 3.71. The Hall–Kier alpha value is -2.72. The summed E-state index contributed by atoms with van der Waals surface area (Å²) in [5.41, 5.74) is 0.959. The monoisotopic (exact) mass is 395 g/mol. The van der Waals surface area contributed by atoms with Crippen LogP contribution in [0.25, 0.3) is 0 Å². The second-order valence-corrected chi connectivity index (χ2v) is 8.34. The van der Waals surface area contributed by atoms with Crippen molar-refractivity contribution in [3.63, 3.8) is 0 Å². The fourth-order valence-corrected chi connectivity index (χ4v) is 4.41. The van der Waals surface area contributed by atoms with Gasteiger partial charge >= 0.3 is 5.97 Å². The smallest absolute Gasteiger partial charge is 0.336 e. The Kier molecular flexibility index (Phi) is 5.71. The third-order valence-electron chi connectivity index (χ3n) is 4.28. The number of rotatable bonds is 5. The van der Waals surface area contributed by atoms with Crippen LogP contribution in [0.4, 0.5) is 5.69 Å². The lowest BCUT2D eigenvalue weighted by Gasteiger charge is -2.32. The van der Waals surface area contributed by atoms with Crippen molar-refractivity contribution in [1.29, 1.82) is 0 Å². The fraction of sp³-hybridized carbons (Fsp3) is 0.353. The third-order valence-corrected chi connectivity index (χ3v) is 6.34. The summed E-state index contributed by atoms with van der Waals surface area (Å²) in [6, 6.07) is 5.58. The number of nitrogens with zero attached hydrogens (tertiary/aromatic N) is 2. The van der Waals surface area contributed by atoms with Crippen molar-refractivity contribution in [3.05, 3.63) is 61.8 Å². The summed E-state index contributed by atoms with van der Waals surface area (Å²) in [5, 5.41) is 14.1. The lowest BCUT2D eigenvalue weighted by molar-refractivity contribution is -0.384. The van der Waals surface area contributed by atoms with E-state index in [1.165, 1.54) is 39.4 Å². The first-order valence-corrected chi connectivity index (χ1v) is 9.40. The molecule has 0 bridgehead atoms. The number of carbonyl (C=O) groups is 1. The molecular formula is C17H21N3O6S. The minimum absolute atomic E-state index is 0.0565. The molecule has 1 heterocycles. The molecule has 0 aromatic heterocycles. The van der Waals surface area contributed by atoms with Gasteiger partial charge in [0.1, 0.15) is 0 Å². The van der Waals surface area contributed by atoms with Crippen molar-refractivity contribution in [1.82, 2.24) is 9.62 Å². The van der Waals surface area contributed by atoms with Gasteiger partial charge < -0.3 is 10.1 Å². The average Bonchev–Trinajstić information content (AvgIpc) is 2.60. The lowest BCUT2D eigenvalue weighted by atomic mass is 9.86. The number of non-ortho nitro benzene ring substituents is 1. The van der Waals surface area contributed by atoms with E-state index in [4.69, 9.17) is 4.74 Å². The molecule has 0 saturated heterocycles. The quantitative estimate of drug-likeness (QED) is 0.459. The van der Waals surface area contributed by atoms with E-state index in [0.717, 1.165) is 4.31 Å². The second kappa shape index (κ2) is 7.49. The molecule has 1 unspecified atom stereocenters. The highest BCUT2D eigenvalue weighted by molar-refractivity contribution is 7.93. The largest absolute Gasteiger partial charge is 0.466 e. The van der Waals surface area contributed by atoms with E-state index < -0.39 is 26.8 Å². The van der Waals surface area contributed by atoms with Crippen molar-refractivity contribution >= 4 is 21.7 Å². The zero-order valence-corrected chi connectivity index (χ0v) is 16.5. The predicted molar refractivity (Wildman–Crippen MR) is 99.0 cm³/mol. The van der Waals surface area contributed by atoms with E-state index in [9.17, 15) is 23.3 Å². The number of allylic oxidation sites excluding steroid dienone is 3. The van der Waals surface area contributed by atoms with E-state index in [2.05, 4.69) is 5.32 Å². The first-order valence-electron chi connectivity index (χ1n) is 7.96. The van der Waals surface area contributed by atoms with Crippen LogP contribution < -0.4 is 5.32 Å². The van der Waals surface area contributed by atoms with Crippen LogP contribution in [0.1, 0.15) is 25.3 Å². The van der Waals surface area contributed by atoms with E-state index in [1.807, 2.05) is 0 Å². The first kappa shape index (κ1) is 20.6. The van der Waals surface area contributed by atoms with Crippen LogP contribution in [0.3, 0.4) is 0 Å². The van der Waals surface area contributed by atoms with Crippen LogP contribution in [0.15, 0.2) is 46.1 Å². The molecule has 0 amide bonds. The van der Waals surface area contributed by atoms with Crippen molar-refractivity contribution in [2.24, 2.45) is 0 Å². The molecule has 1 aromatic rings. The van der Waals surface area contributed by atoms with E-state index >= 15 is 0 Å². The van der Waals surface area contributed by atoms with Crippen molar-refractivity contribution in [2.45, 2.75) is 19.8 Å². The maximum absolute atomic E-state index is 13.0. The van der Waals surface area contributed by atoms with Gasteiger partial charge in [0.25, 0.3) is 5.69 Å². The number of carbonyl (C=O) groups excluding carboxylic acids is 1. The Morgan fingerprint density at radius 1 is 1.26 bits per heavy atom. The summed E-state index contributed by atoms with van der Waals surface area (Å²) in [7, 11) is 0.0101. The Balaban J connectivity index is 2.84. The maximum Gasteiger partial charge on any atom is 0.336 e. The molecule has 1 N–H and O–H groups in total. The normalized spacial score (nSPS) is 17.8. The van der Waals surface area contributed by atoms with Gasteiger partial charge in [-0.15, -0.1) is 0 Å². The number of esters is 1. The fourth-order valence-electron chi connectivity index (χ4n) is 3.03. The Morgan fingerprint density at radius 2 is 1.89 bits per heavy atom. The molecule has 0 spiro atoms. The molecule has 1 atom stereocenters. The molecule has 2 rings (SSSR count). The zero-order valence-electron chi connectivity index (χ0n) is 15.6. The standard InChI is InChI=1S/C17H21N3O6S/c1-10-14(17(21)26-5)15(12-7-6-8-13(9-12)20(22)23)16(11(2)18-10)27(24,25)19(3)4/h6-9,15,18H,1-5H3. The van der Waals surface area contributed by atoms with Crippen molar-refractivity contribution in [2.75, 3.05) is 21.2 Å². The number of nitro groups is 1. The lowest BCUT2D eigenvalue weighted by Crippen LogP contribution is -2.35. The van der Waals surface area contributed by atoms with E-state index in [1.54, 1.807) is 19.9 Å². The molecular weight excluding hydrogens is 374 g/mol. The number of benzene rings is 1. The summed E-state index contributed by atoms with van der Waals surface area (Å²) in [6.07, 6.45) is 0. The first-order chi connectivity index (χ1) is 12.5. The number of hydrogen-bond acceptors (Lipinski definition) is 7. The summed E-state index contributed by atoms with van der Waals surface area (Å²) < 4.78 is 31.8. The number of nitrogens with one attached hydrogen (secondary N) is 1. The van der Waals surface area contributed by atoms with Crippen LogP contribution in [-0.4, -0.2) is 44.8 Å². The molecule has 27 heavy (non-hydrogen) atoms. The van der Waals surface area contributed by atoms with Crippen LogP contribution in [0, 0.1) is 10.1 Å². The minimum Gasteiger partial charge on any atom is -0.466 e. The van der Waals surface area contributed by atoms with Gasteiger partial charge in [0, 0.05) is 37.6 Å². The average molecular weight is 395 g/mol. The number of sulfonamides is 1. The summed E-state index contributed by atoms with van der Waals surface area (Å²) in [4.78, 5) is 23.0. The molecule has 1 aliphatic heterocycles. The van der Waals surface area contributed by atoms with Crippen LogP contribution in [-0.2, 0) is 19.6 Å². The minimum atomic E-state index is -3.94. The highest BCUT2D eigenvalue weighted by Gasteiger charge is 2.41. The molecule has 146 valence electrons. The van der Waals surface area contributed by atoms with E-state index in [-0.39, 0.29) is 16.2 Å². The van der Waals surface area contributed by atoms with Gasteiger partial charge in [-0.3, -0.25) is 10.1 Å². The van der Waals surface area contributed by atoms with Gasteiger partial charge in [-0.1, -0.05) is 12.1 Å². The SMILES string of the molecule is COC(=O)C1=C(C)NC(C)=C(S(=O)(=O)N(C)C)C1c1cccc([N+](=O)[O-])c1. The van der Waals surface area contributed by atoms with Gasteiger partial charge in [-0.05, 0) is 19.4 Å². The molecule has 10 heteroatoms. The van der Waals surface area contributed by atoms with Crippen molar-refractivity contribution < 1.29 is 22.9 Å². The second-order valence-electron chi connectivity index (χ2n) is 6.22. The summed E-state index contributed by atoms with van der Waals surface area (Å²) >= 11 is 0. The highest BCUT2D eigenvalue weighted by Crippen LogP contribution is 2.42. The Bertz CT molecular complexity index is 963. The molecule has 0 aliphatic carbocycles. The topological polar surface area (TPSA) is 119 Å². The van der Waals surface area contributed by atoms with Gasteiger partial charge in [0.05, 0.1) is 28.4 Å². The predicted octanol–water partition coefficient (Wildman–Crippen LogP) is 1.85. The van der Waals surface area contributed by atoms with Crippen LogP contribution in [0.2, 0.25) is 0 Å². The van der Waals surface area contributed by atoms with Gasteiger partial charge in [-0.25, -0.2) is 17.5 Å². The highest BCUT2D eigenvalue weighted by atomic mass is 32.2. The Morgan fingerprint density at radius 3 is 2.41 bits per heavy atom. The van der Waals surface area contributed by atoms with Crippen LogP contribution >= 0.6 is 0 Å². The molecule has 1 aromatic carbocycles. The van der Waals surface area contributed by atoms with Gasteiger partial charge in [0.15, 0.2) is 0 Å². The van der Waals surface area contributed by atoms with Gasteiger partial charge in [-0.2, -0.15) is 0 Å². The van der Waals surface area contributed by atoms with Crippen LogP contribution in [0.5, 0.6) is 0 Å². The Labute approximate surface area is 157 Å². The van der Waals surface area contributed by atoms with Crippen molar-refractivity contribution in [3.8, 4) is 0 Å². The number of hydrogen-bond donors (Lipinski definition) is 1. The zero-order chi connectivity index (χ0) is 20.5. The summed E-state index contributed by atoms with van der Waals surface area (Å²) in [5.74, 6) is -1.75. The number of methoxy groups -OCH3 is 1. The number of dihydropyridines is 1. The molecule has 0 radical (unpaired) electrons. The number of ether oxygens (including phenoxy) is 1. The maximum atomic E-state index is 13.0. The number of nitro benzene ring substituents is 1. The van der Waals surface area contributed by atoms with Gasteiger partial charge in [0.2, 0.25) is 10.0 Å². The van der Waals surface area contributed by atoms with E-state index in [0.29, 0.717) is 17.0 Å². The summed E-state index contributed by atoms with van der Waals surface area (Å²) in [6.45, 7) is 3.21. The molecule has 1 aliphatic rings. The molecule has 0 saturated carbocycles. The molecule has 9 nitrogen and oxygen atoms in total. The molecule has 0 fully saturated rings.